The van der Waals surface area contributed by atoms with Crippen LogP contribution in [0.15, 0.2) is 59.6 Å². The molecule has 0 fully saturated rings. The smallest absolute Gasteiger partial charge is 0.142 e. The third-order valence-electron chi connectivity index (χ3n) is 2.76. The van der Waals surface area contributed by atoms with Crippen LogP contribution in [-0.2, 0) is 6.54 Å². The van der Waals surface area contributed by atoms with Gasteiger partial charge in [0.25, 0.3) is 0 Å². The second kappa shape index (κ2) is 6.59. The van der Waals surface area contributed by atoms with Gasteiger partial charge in [0.2, 0.25) is 0 Å². The Morgan fingerprint density at radius 1 is 1.05 bits per heavy atom. The van der Waals surface area contributed by atoms with Gasteiger partial charge in [-0.15, -0.1) is 0 Å². The van der Waals surface area contributed by atoms with Gasteiger partial charge in [-0.25, -0.2) is 0 Å². The monoisotopic (exact) mass is 254 g/mol. The molecule has 3 heteroatoms. The molecule has 2 rings (SSSR count). The summed E-state index contributed by atoms with van der Waals surface area (Å²) in [5, 5.41) is 3.26. The second-order valence-corrected chi connectivity index (χ2v) is 4.21. The highest BCUT2D eigenvalue weighted by molar-refractivity contribution is 5.94. The highest BCUT2D eigenvalue weighted by Crippen LogP contribution is 2.22. The Morgan fingerprint density at radius 2 is 1.74 bits per heavy atom. The first-order chi connectivity index (χ1) is 9.29. The lowest BCUT2D eigenvalue weighted by atomic mass is 10.2. The Kier molecular flexibility index (Phi) is 4.56. The van der Waals surface area contributed by atoms with Crippen LogP contribution in [-0.4, -0.2) is 12.9 Å². The van der Waals surface area contributed by atoms with Crippen LogP contribution in [0.25, 0.3) is 0 Å². The maximum atomic E-state index is 5.29. The Hall–Kier alpha value is -2.29. The van der Waals surface area contributed by atoms with Gasteiger partial charge < -0.3 is 10.1 Å². The van der Waals surface area contributed by atoms with Crippen molar-refractivity contribution in [1.29, 1.82) is 0 Å². The van der Waals surface area contributed by atoms with Crippen molar-refractivity contribution in [1.82, 2.24) is 0 Å². The van der Waals surface area contributed by atoms with Gasteiger partial charge in [-0.3, -0.25) is 4.99 Å². The summed E-state index contributed by atoms with van der Waals surface area (Å²) in [6.45, 7) is 2.63. The van der Waals surface area contributed by atoms with Crippen LogP contribution < -0.4 is 10.1 Å². The molecule has 0 saturated heterocycles. The number of hydrogen-bond donors (Lipinski definition) is 1. The number of para-hydroxylation sites is 2. The first kappa shape index (κ1) is 13.1. The van der Waals surface area contributed by atoms with Crippen LogP contribution in [0.1, 0.15) is 12.5 Å². The average Bonchev–Trinajstić information content (AvgIpc) is 2.47. The topological polar surface area (TPSA) is 33.6 Å². The van der Waals surface area contributed by atoms with Crippen molar-refractivity contribution < 1.29 is 4.74 Å². The molecule has 0 aromatic heterocycles. The first-order valence-electron chi connectivity index (χ1n) is 6.24. The van der Waals surface area contributed by atoms with Crippen LogP contribution in [0.3, 0.4) is 0 Å². The lowest BCUT2D eigenvalue weighted by Gasteiger charge is -2.10. The highest BCUT2D eigenvalue weighted by atomic mass is 16.5. The van der Waals surface area contributed by atoms with Crippen LogP contribution in [0.2, 0.25) is 0 Å². The molecule has 0 unspecified atom stereocenters. The van der Waals surface area contributed by atoms with E-state index in [4.69, 9.17) is 4.74 Å². The summed E-state index contributed by atoms with van der Waals surface area (Å²) in [6, 6.07) is 18.0. The summed E-state index contributed by atoms with van der Waals surface area (Å²) >= 11 is 0. The molecule has 19 heavy (non-hydrogen) atoms. The molecule has 2 aromatic carbocycles. The molecule has 98 valence electrons. The largest absolute Gasteiger partial charge is 0.495 e. The van der Waals surface area contributed by atoms with Crippen molar-refractivity contribution >= 4 is 11.5 Å². The molecular weight excluding hydrogens is 236 g/mol. The van der Waals surface area contributed by atoms with Crippen LogP contribution in [0, 0.1) is 0 Å². The molecule has 0 radical (unpaired) electrons. The summed E-state index contributed by atoms with van der Waals surface area (Å²) in [4.78, 5) is 4.52. The maximum Gasteiger partial charge on any atom is 0.142 e. The molecule has 0 spiro atoms. The normalized spacial score (nSPS) is 11.2. The third-order valence-corrected chi connectivity index (χ3v) is 2.76. The highest BCUT2D eigenvalue weighted by Gasteiger charge is 2.01. The number of hydrogen-bond acceptors (Lipinski definition) is 2. The quantitative estimate of drug-likeness (QED) is 0.666. The minimum absolute atomic E-state index is 0.675. The zero-order chi connectivity index (χ0) is 13.5. The number of nitrogens with zero attached hydrogens (tertiary/aromatic N) is 1. The molecule has 0 aliphatic carbocycles. The van der Waals surface area contributed by atoms with E-state index < -0.39 is 0 Å². The molecule has 0 aliphatic rings. The molecule has 1 N–H and O–H groups in total. The summed E-state index contributed by atoms with van der Waals surface area (Å²) in [5.74, 6) is 1.69. The predicted molar refractivity (Wildman–Crippen MR) is 79.9 cm³/mol. The number of anilines is 1. The summed E-state index contributed by atoms with van der Waals surface area (Å²) in [7, 11) is 1.66. The number of methoxy groups -OCH3 is 1. The first-order valence-corrected chi connectivity index (χ1v) is 6.24. The van der Waals surface area contributed by atoms with Gasteiger partial charge in [-0.2, -0.15) is 0 Å². The Morgan fingerprint density at radius 3 is 2.47 bits per heavy atom. The van der Waals surface area contributed by atoms with Gasteiger partial charge in [0.1, 0.15) is 5.75 Å². The molecule has 0 atom stereocenters. The number of ether oxygens (including phenoxy) is 1. The van der Waals surface area contributed by atoms with E-state index in [1.54, 1.807) is 7.11 Å². The number of rotatable bonds is 4. The summed E-state index contributed by atoms with van der Waals surface area (Å²) in [5.41, 5.74) is 2.13. The van der Waals surface area contributed by atoms with Crippen molar-refractivity contribution in [2.75, 3.05) is 12.4 Å². The van der Waals surface area contributed by atoms with Crippen LogP contribution >= 0.6 is 0 Å². The Balaban J connectivity index is 2.02. The van der Waals surface area contributed by atoms with E-state index in [1.807, 2.05) is 49.4 Å². The van der Waals surface area contributed by atoms with Gasteiger partial charge in [-0.05, 0) is 24.6 Å². The minimum Gasteiger partial charge on any atom is -0.495 e. The van der Waals surface area contributed by atoms with Gasteiger partial charge in [0.15, 0.2) is 0 Å². The fourth-order valence-corrected chi connectivity index (χ4v) is 1.78. The molecule has 0 heterocycles. The van der Waals surface area contributed by atoms with Crippen LogP contribution in [0.5, 0.6) is 5.75 Å². The number of benzene rings is 2. The Bertz CT molecular complexity index is 550. The lowest BCUT2D eigenvalue weighted by Crippen LogP contribution is -2.08. The molecule has 0 amide bonds. The second-order valence-electron chi connectivity index (χ2n) is 4.21. The van der Waals surface area contributed by atoms with Gasteiger partial charge in [-0.1, -0.05) is 42.5 Å². The average molecular weight is 254 g/mol. The van der Waals surface area contributed by atoms with E-state index in [0.29, 0.717) is 6.54 Å². The maximum absolute atomic E-state index is 5.29. The van der Waals surface area contributed by atoms with E-state index in [0.717, 1.165) is 17.3 Å². The molecule has 2 aromatic rings. The van der Waals surface area contributed by atoms with E-state index in [2.05, 4.69) is 22.4 Å². The zero-order valence-electron chi connectivity index (χ0n) is 11.3. The van der Waals surface area contributed by atoms with Gasteiger partial charge in [0.05, 0.1) is 25.2 Å². The summed E-state index contributed by atoms with van der Waals surface area (Å²) in [6.07, 6.45) is 0. The fourth-order valence-electron chi connectivity index (χ4n) is 1.78. The van der Waals surface area contributed by atoms with E-state index in [-0.39, 0.29) is 0 Å². The SMILES string of the molecule is COc1ccccc1NC(C)=NCc1ccccc1. The van der Waals surface area contributed by atoms with E-state index in [1.165, 1.54) is 5.56 Å². The van der Waals surface area contributed by atoms with Crippen molar-refractivity contribution in [3.05, 3.63) is 60.2 Å². The van der Waals surface area contributed by atoms with Crippen molar-refractivity contribution in [3.63, 3.8) is 0 Å². The molecule has 0 aliphatic heterocycles. The van der Waals surface area contributed by atoms with Crippen molar-refractivity contribution in [2.24, 2.45) is 4.99 Å². The van der Waals surface area contributed by atoms with E-state index >= 15 is 0 Å². The minimum atomic E-state index is 0.675. The number of aliphatic imine (C=N–C) groups is 1. The van der Waals surface area contributed by atoms with Gasteiger partial charge >= 0.3 is 0 Å². The predicted octanol–water partition coefficient (Wildman–Crippen LogP) is 3.73. The van der Waals surface area contributed by atoms with Crippen molar-refractivity contribution in [2.45, 2.75) is 13.5 Å². The number of amidine groups is 1. The molecule has 0 bridgehead atoms. The Labute approximate surface area is 114 Å². The molecule has 3 nitrogen and oxygen atoms in total. The fraction of sp³-hybridized carbons (Fsp3) is 0.188. The standard InChI is InChI=1S/C16H18N2O/c1-13(17-12-14-8-4-3-5-9-14)18-15-10-6-7-11-16(15)19-2/h3-11H,12H2,1-2H3,(H,17,18). The van der Waals surface area contributed by atoms with E-state index in [9.17, 15) is 0 Å². The lowest BCUT2D eigenvalue weighted by molar-refractivity contribution is 0.417. The third kappa shape index (κ3) is 3.85. The number of nitrogens with one attached hydrogen (secondary N) is 1. The van der Waals surface area contributed by atoms with Gasteiger partial charge in [0, 0.05) is 0 Å². The molecule has 0 saturated carbocycles. The molecular formula is C16H18N2O. The summed E-state index contributed by atoms with van der Waals surface area (Å²) < 4.78 is 5.29. The van der Waals surface area contributed by atoms with Crippen LogP contribution in [0.4, 0.5) is 5.69 Å². The van der Waals surface area contributed by atoms with Crippen molar-refractivity contribution in [3.8, 4) is 5.75 Å². The zero-order valence-corrected chi connectivity index (χ0v) is 11.3.